The van der Waals surface area contributed by atoms with E-state index < -0.39 is 0 Å². The van der Waals surface area contributed by atoms with E-state index in [1.165, 1.54) is 25.3 Å². The highest BCUT2D eigenvalue weighted by molar-refractivity contribution is 5.74. The molecule has 1 aromatic carbocycles. The third kappa shape index (κ3) is 6.33. The molecule has 1 unspecified atom stereocenters. The molecule has 0 aliphatic heterocycles. The number of urea groups is 1. The summed E-state index contributed by atoms with van der Waals surface area (Å²) in [5.74, 6) is 0.180. The molecule has 0 spiro atoms. The zero-order chi connectivity index (χ0) is 18.2. The Morgan fingerprint density at radius 2 is 2.04 bits per heavy atom. The molecular formula is C21H33FN2O. The third-order valence-corrected chi connectivity index (χ3v) is 5.10. The van der Waals surface area contributed by atoms with Crippen molar-refractivity contribution >= 4 is 6.03 Å². The van der Waals surface area contributed by atoms with Crippen LogP contribution in [0.5, 0.6) is 0 Å². The summed E-state index contributed by atoms with van der Waals surface area (Å²) >= 11 is 0. The van der Waals surface area contributed by atoms with Crippen molar-refractivity contribution in [1.29, 1.82) is 0 Å². The second-order valence-electron chi connectivity index (χ2n) is 7.65. The first-order chi connectivity index (χ1) is 12.0. The molecule has 1 aliphatic rings. The molecule has 1 atom stereocenters. The van der Waals surface area contributed by atoms with E-state index >= 15 is 0 Å². The van der Waals surface area contributed by atoms with Crippen LogP contribution in [0.1, 0.15) is 69.9 Å². The van der Waals surface area contributed by atoms with E-state index in [4.69, 9.17) is 0 Å². The number of carbonyl (C=O) groups excluding carboxylic acids is 1. The first-order valence-corrected chi connectivity index (χ1v) is 9.80. The summed E-state index contributed by atoms with van der Waals surface area (Å²) in [6.07, 6.45) is 7.92. The predicted molar refractivity (Wildman–Crippen MR) is 101 cm³/mol. The van der Waals surface area contributed by atoms with Gasteiger partial charge in [-0.3, -0.25) is 0 Å². The Bertz CT molecular complexity index is 555. The lowest BCUT2D eigenvalue weighted by atomic mass is 9.95. The summed E-state index contributed by atoms with van der Waals surface area (Å²) in [5.41, 5.74) is 1.62. The van der Waals surface area contributed by atoms with Crippen LogP contribution in [-0.2, 0) is 6.54 Å². The van der Waals surface area contributed by atoms with Gasteiger partial charge in [-0.05, 0) is 38.2 Å². The minimum absolute atomic E-state index is 0.0456. The van der Waals surface area contributed by atoms with E-state index in [1.54, 1.807) is 11.0 Å². The number of amides is 2. The van der Waals surface area contributed by atoms with E-state index in [0.717, 1.165) is 31.2 Å². The van der Waals surface area contributed by atoms with Gasteiger partial charge in [-0.15, -0.1) is 0 Å². The maximum Gasteiger partial charge on any atom is 0.317 e. The Labute approximate surface area is 152 Å². The number of aryl methyl sites for hydroxylation is 1. The highest BCUT2D eigenvalue weighted by Gasteiger charge is 2.22. The Hall–Kier alpha value is -1.58. The number of nitrogens with one attached hydrogen (secondary N) is 1. The molecule has 1 saturated carbocycles. The lowest BCUT2D eigenvalue weighted by Crippen LogP contribution is -2.46. The standard InChI is InChI=1S/C21H33FN2O/c1-4-8-17(3)14-24(15-18-13-16(2)11-12-20(18)22)21(25)23-19-9-6-5-7-10-19/h11-13,17,19H,4-10,14-15H2,1-3H3,(H,23,25). The zero-order valence-electron chi connectivity index (χ0n) is 16.0. The van der Waals surface area contributed by atoms with Gasteiger partial charge in [0.05, 0.1) is 6.54 Å². The summed E-state index contributed by atoms with van der Waals surface area (Å²) in [5, 5.41) is 3.19. The van der Waals surface area contributed by atoms with Crippen molar-refractivity contribution in [3.05, 3.63) is 35.1 Å². The summed E-state index contributed by atoms with van der Waals surface area (Å²) < 4.78 is 14.2. The van der Waals surface area contributed by atoms with Crippen LogP contribution in [0, 0.1) is 18.7 Å². The minimum atomic E-state index is -0.232. The average Bonchev–Trinajstić information content (AvgIpc) is 2.58. The topological polar surface area (TPSA) is 32.3 Å². The Balaban J connectivity index is 2.07. The number of hydrogen-bond acceptors (Lipinski definition) is 1. The van der Waals surface area contributed by atoms with Crippen LogP contribution in [0.25, 0.3) is 0 Å². The number of benzene rings is 1. The van der Waals surface area contributed by atoms with E-state index in [-0.39, 0.29) is 17.9 Å². The van der Waals surface area contributed by atoms with Crippen LogP contribution in [0.2, 0.25) is 0 Å². The van der Waals surface area contributed by atoms with Gasteiger partial charge in [-0.25, -0.2) is 9.18 Å². The number of rotatable bonds is 7. The lowest BCUT2D eigenvalue weighted by molar-refractivity contribution is 0.176. The number of hydrogen-bond donors (Lipinski definition) is 1. The molecular weight excluding hydrogens is 315 g/mol. The first-order valence-electron chi connectivity index (χ1n) is 9.80. The maximum atomic E-state index is 14.2. The normalized spacial score (nSPS) is 16.5. The number of carbonyl (C=O) groups is 1. The van der Waals surface area contributed by atoms with E-state index in [0.29, 0.717) is 24.6 Å². The lowest BCUT2D eigenvalue weighted by Gasteiger charge is -2.30. The molecule has 4 heteroatoms. The smallest absolute Gasteiger partial charge is 0.317 e. The van der Waals surface area contributed by atoms with Crippen molar-refractivity contribution in [2.75, 3.05) is 6.54 Å². The molecule has 1 aromatic rings. The van der Waals surface area contributed by atoms with Gasteiger partial charge in [-0.2, -0.15) is 0 Å². The fourth-order valence-corrected chi connectivity index (χ4v) is 3.72. The van der Waals surface area contributed by atoms with E-state index in [9.17, 15) is 9.18 Å². The number of halogens is 1. The first kappa shape index (κ1) is 19.7. The molecule has 2 rings (SSSR count). The average molecular weight is 349 g/mol. The van der Waals surface area contributed by atoms with Gasteiger partial charge in [-0.1, -0.05) is 57.2 Å². The van der Waals surface area contributed by atoms with Crippen molar-refractivity contribution in [1.82, 2.24) is 10.2 Å². The monoisotopic (exact) mass is 348 g/mol. The van der Waals surface area contributed by atoms with E-state index in [1.807, 2.05) is 13.0 Å². The van der Waals surface area contributed by atoms with Crippen LogP contribution in [0.15, 0.2) is 18.2 Å². The van der Waals surface area contributed by atoms with Crippen LogP contribution >= 0.6 is 0 Å². The van der Waals surface area contributed by atoms with Crippen LogP contribution < -0.4 is 5.32 Å². The summed E-state index contributed by atoms with van der Waals surface area (Å²) in [4.78, 5) is 14.6. The molecule has 1 N–H and O–H groups in total. The molecule has 140 valence electrons. The van der Waals surface area contributed by atoms with Crippen LogP contribution in [-0.4, -0.2) is 23.5 Å². The summed E-state index contributed by atoms with van der Waals surface area (Å²) in [6.45, 7) is 7.27. The van der Waals surface area contributed by atoms with Crippen molar-refractivity contribution in [3.8, 4) is 0 Å². The SMILES string of the molecule is CCCC(C)CN(Cc1cc(C)ccc1F)C(=O)NC1CCCCC1. The van der Waals surface area contributed by atoms with Crippen LogP contribution in [0.3, 0.4) is 0 Å². The van der Waals surface area contributed by atoms with Gasteiger partial charge in [0, 0.05) is 18.2 Å². The minimum Gasteiger partial charge on any atom is -0.335 e. The molecule has 0 bridgehead atoms. The second kappa shape index (κ2) is 9.79. The van der Waals surface area contributed by atoms with Gasteiger partial charge >= 0.3 is 6.03 Å². The molecule has 1 aliphatic carbocycles. The Morgan fingerprint density at radius 3 is 2.72 bits per heavy atom. The summed E-state index contributed by atoms with van der Waals surface area (Å²) in [6, 6.07) is 5.34. The molecule has 0 saturated heterocycles. The quantitative estimate of drug-likeness (QED) is 0.701. The second-order valence-corrected chi connectivity index (χ2v) is 7.65. The Kier molecular flexibility index (Phi) is 7.73. The van der Waals surface area contributed by atoms with Crippen molar-refractivity contribution in [2.45, 2.75) is 78.3 Å². The highest BCUT2D eigenvalue weighted by atomic mass is 19.1. The van der Waals surface area contributed by atoms with Crippen molar-refractivity contribution in [2.24, 2.45) is 5.92 Å². The largest absolute Gasteiger partial charge is 0.335 e. The molecule has 0 radical (unpaired) electrons. The zero-order valence-corrected chi connectivity index (χ0v) is 16.0. The number of nitrogens with zero attached hydrogens (tertiary/aromatic N) is 1. The van der Waals surface area contributed by atoms with Gasteiger partial charge in [0.25, 0.3) is 0 Å². The third-order valence-electron chi connectivity index (χ3n) is 5.10. The van der Waals surface area contributed by atoms with Crippen molar-refractivity contribution in [3.63, 3.8) is 0 Å². The molecule has 3 nitrogen and oxygen atoms in total. The van der Waals surface area contributed by atoms with Gasteiger partial charge in [0.15, 0.2) is 0 Å². The fraction of sp³-hybridized carbons (Fsp3) is 0.667. The van der Waals surface area contributed by atoms with Gasteiger partial charge in [0.1, 0.15) is 5.82 Å². The molecule has 2 amide bonds. The Morgan fingerprint density at radius 1 is 1.32 bits per heavy atom. The van der Waals surface area contributed by atoms with Gasteiger partial charge in [0.2, 0.25) is 0 Å². The maximum absolute atomic E-state index is 14.2. The molecule has 25 heavy (non-hydrogen) atoms. The summed E-state index contributed by atoms with van der Waals surface area (Å²) in [7, 11) is 0. The highest BCUT2D eigenvalue weighted by Crippen LogP contribution is 2.19. The molecule has 0 aromatic heterocycles. The van der Waals surface area contributed by atoms with E-state index in [2.05, 4.69) is 19.2 Å². The van der Waals surface area contributed by atoms with Gasteiger partial charge < -0.3 is 10.2 Å². The van der Waals surface area contributed by atoms with Crippen LogP contribution in [0.4, 0.5) is 9.18 Å². The molecule has 0 heterocycles. The predicted octanol–water partition coefficient (Wildman–Crippen LogP) is 5.41. The van der Waals surface area contributed by atoms with Crippen molar-refractivity contribution < 1.29 is 9.18 Å². The molecule has 1 fully saturated rings. The fourth-order valence-electron chi connectivity index (χ4n) is 3.72.